The van der Waals surface area contributed by atoms with Gasteiger partial charge in [0, 0.05) is 12.0 Å². The molecule has 0 bridgehead atoms. The molecule has 0 saturated heterocycles. The van der Waals surface area contributed by atoms with Crippen molar-refractivity contribution in [2.24, 2.45) is 5.41 Å². The zero-order valence-corrected chi connectivity index (χ0v) is 17.9. The van der Waals surface area contributed by atoms with E-state index in [4.69, 9.17) is 9.15 Å². The van der Waals surface area contributed by atoms with Crippen LogP contribution in [0.3, 0.4) is 0 Å². The molecule has 1 N–H and O–H groups in total. The molecule has 1 aromatic heterocycles. The van der Waals surface area contributed by atoms with E-state index in [-0.39, 0.29) is 5.41 Å². The molecule has 158 valence electrons. The Morgan fingerprint density at radius 1 is 1.03 bits per heavy atom. The maximum absolute atomic E-state index is 10.9. The molecule has 1 heterocycles. The first-order valence-electron chi connectivity index (χ1n) is 11.0. The van der Waals surface area contributed by atoms with Crippen molar-refractivity contribution in [3.8, 4) is 17.2 Å². The minimum atomic E-state index is -0.416. The number of oxazole rings is 1. The molecule has 1 fully saturated rings. The van der Waals surface area contributed by atoms with Crippen molar-refractivity contribution in [3.05, 3.63) is 71.6 Å². The van der Waals surface area contributed by atoms with Gasteiger partial charge in [0.1, 0.15) is 11.5 Å². The molecular weight excluding hydrogens is 374 g/mol. The van der Waals surface area contributed by atoms with Gasteiger partial charge in [-0.2, -0.15) is 0 Å². The Bertz CT molecular complexity index is 940. The van der Waals surface area contributed by atoms with Crippen molar-refractivity contribution in [1.82, 2.24) is 4.98 Å². The number of aliphatic hydroxyl groups excluding tert-OH is 1. The van der Waals surface area contributed by atoms with E-state index in [1.807, 2.05) is 61.5 Å². The second-order valence-electron chi connectivity index (χ2n) is 8.67. The average Bonchev–Trinajstić information content (AvgIpc) is 3.15. The van der Waals surface area contributed by atoms with Gasteiger partial charge in [-0.15, -0.1) is 0 Å². The summed E-state index contributed by atoms with van der Waals surface area (Å²) in [7, 11) is 0. The minimum Gasteiger partial charge on any atom is -0.493 e. The standard InChI is InChI=1S/C26H31NO3/c1-19-23(27-25(30-19)21-9-5-3-6-10-21)15-18-29-22-13-11-20(12-14-22)24(28)26(2)16-7-4-8-17-26/h3,5-6,9-14,24,28H,4,7-8,15-18H2,1-2H3. The number of aryl methyl sites for hydroxylation is 1. The number of aromatic nitrogens is 1. The van der Waals surface area contributed by atoms with Crippen LogP contribution in [0.4, 0.5) is 0 Å². The summed E-state index contributed by atoms with van der Waals surface area (Å²) >= 11 is 0. The second kappa shape index (κ2) is 9.05. The average molecular weight is 406 g/mol. The van der Waals surface area contributed by atoms with Gasteiger partial charge in [0.2, 0.25) is 5.89 Å². The fraction of sp³-hybridized carbons (Fsp3) is 0.423. The Hall–Kier alpha value is -2.59. The number of hydrogen-bond donors (Lipinski definition) is 1. The van der Waals surface area contributed by atoms with E-state index in [2.05, 4.69) is 11.9 Å². The lowest BCUT2D eigenvalue weighted by Gasteiger charge is -2.38. The highest BCUT2D eigenvalue weighted by molar-refractivity contribution is 5.53. The number of nitrogens with zero attached hydrogens (tertiary/aromatic N) is 1. The fourth-order valence-corrected chi connectivity index (χ4v) is 4.41. The molecule has 2 aromatic carbocycles. The molecule has 3 aromatic rings. The van der Waals surface area contributed by atoms with Crippen LogP contribution in [0.1, 0.15) is 62.1 Å². The number of aliphatic hydroxyl groups is 1. The lowest BCUT2D eigenvalue weighted by Crippen LogP contribution is -2.28. The molecule has 30 heavy (non-hydrogen) atoms. The van der Waals surface area contributed by atoms with Crippen LogP contribution in [0.15, 0.2) is 59.0 Å². The summed E-state index contributed by atoms with van der Waals surface area (Å²) in [6.07, 6.45) is 6.16. The highest BCUT2D eigenvalue weighted by atomic mass is 16.5. The maximum atomic E-state index is 10.9. The first-order valence-corrected chi connectivity index (χ1v) is 11.0. The second-order valence-corrected chi connectivity index (χ2v) is 8.67. The number of rotatable bonds is 7. The molecule has 1 saturated carbocycles. The first kappa shape index (κ1) is 20.7. The third-order valence-electron chi connectivity index (χ3n) is 6.37. The maximum Gasteiger partial charge on any atom is 0.226 e. The van der Waals surface area contributed by atoms with Crippen LogP contribution in [0.25, 0.3) is 11.5 Å². The quantitative estimate of drug-likeness (QED) is 0.503. The van der Waals surface area contributed by atoms with Crippen LogP contribution in [0.2, 0.25) is 0 Å². The van der Waals surface area contributed by atoms with Crippen molar-refractivity contribution >= 4 is 0 Å². The highest BCUT2D eigenvalue weighted by Gasteiger charge is 2.35. The van der Waals surface area contributed by atoms with Gasteiger partial charge in [0.15, 0.2) is 0 Å². The third-order valence-corrected chi connectivity index (χ3v) is 6.37. The summed E-state index contributed by atoms with van der Waals surface area (Å²) in [6.45, 7) is 4.68. The van der Waals surface area contributed by atoms with E-state index in [9.17, 15) is 5.11 Å². The Morgan fingerprint density at radius 2 is 1.73 bits per heavy atom. The van der Waals surface area contributed by atoms with E-state index in [0.717, 1.165) is 41.2 Å². The van der Waals surface area contributed by atoms with Crippen molar-refractivity contribution in [1.29, 1.82) is 0 Å². The molecule has 1 aliphatic carbocycles. The summed E-state index contributed by atoms with van der Waals surface area (Å²) < 4.78 is 11.7. The van der Waals surface area contributed by atoms with Crippen LogP contribution < -0.4 is 4.74 Å². The van der Waals surface area contributed by atoms with Crippen LogP contribution in [0, 0.1) is 12.3 Å². The van der Waals surface area contributed by atoms with Gasteiger partial charge >= 0.3 is 0 Å². The molecule has 4 nitrogen and oxygen atoms in total. The molecule has 0 radical (unpaired) electrons. The van der Waals surface area contributed by atoms with E-state index in [0.29, 0.717) is 18.9 Å². The lowest BCUT2D eigenvalue weighted by atomic mass is 9.70. The topological polar surface area (TPSA) is 55.5 Å². The van der Waals surface area contributed by atoms with Gasteiger partial charge in [0.25, 0.3) is 0 Å². The SMILES string of the molecule is Cc1oc(-c2ccccc2)nc1CCOc1ccc(C(O)C2(C)CCCCC2)cc1. The molecule has 4 heteroatoms. The predicted molar refractivity (Wildman–Crippen MR) is 118 cm³/mol. The van der Waals surface area contributed by atoms with Crippen LogP contribution in [0.5, 0.6) is 5.75 Å². The Kier molecular flexibility index (Phi) is 6.24. The van der Waals surface area contributed by atoms with E-state index >= 15 is 0 Å². The van der Waals surface area contributed by atoms with Gasteiger partial charge in [-0.3, -0.25) is 0 Å². The summed E-state index contributed by atoms with van der Waals surface area (Å²) in [6, 6.07) is 17.8. The Labute approximate surface area is 178 Å². The normalized spacial score (nSPS) is 16.9. The third kappa shape index (κ3) is 4.59. The summed E-state index contributed by atoms with van der Waals surface area (Å²) in [5, 5.41) is 10.9. The lowest BCUT2D eigenvalue weighted by molar-refractivity contribution is 0.00816. The van der Waals surface area contributed by atoms with E-state index in [1.54, 1.807) is 0 Å². The van der Waals surface area contributed by atoms with Crippen molar-refractivity contribution in [3.63, 3.8) is 0 Å². The zero-order chi connectivity index (χ0) is 21.0. The van der Waals surface area contributed by atoms with Crippen LogP contribution >= 0.6 is 0 Å². The summed E-state index contributed by atoms with van der Waals surface area (Å²) in [5.41, 5.74) is 2.87. The number of hydrogen-bond acceptors (Lipinski definition) is 4. The minimum absolute atomic E-state index is 0.0123. The molecule has 0 aliphatic heterocycles. The fourth-order valence-electron chi connectivity index (χ4n) is 4.41. The van der Waals surface area contributed by atoms with Gasteiger partial charge < -0.3 is 14.3 Å². The molecular formula is C26H31NO3. The smallest absolute Gasteiger partial charge is 0.226 e. The van der Waals surface area contributed by atoms with Crippen molar-refractivity contribution in [2.45, 2.75) is 58.5 Å². The van der Waals surface area contributed by atoms with E-state index < -0.39 is 6.10 Å². The van der Waals surface area contributed by atoms with Gasteiger partial charge in [0.05, 0.1) is 18.4 Å². The summed E-state index contributed by atoms with van der Waals surface area (Å²) in [4.78, 5) is 4.63. The van der Waals surface area contributed by atoms with Gasteiger partial charge in [-0.05, 0) is 55.0 Å². The highest BCUT2D eigenvalue weighted by Crippen LogP contribution is 2.45. The predicted octanol–water partition coefficient (Wildman–Crippen LogP) is 6.28. The largest absolute Gasteiger partial charge is 0.493 e. The van der Waals surface area contributed by atoms with Gasteiger partial charge in [-0.1, -0.05) is 56.5 Å². The van der Waals surface area contributed by atoms with Gasteiger partial charge in [-0.25, -0.2) is 4.98 Å². The number of ether oxygens (including phenoxy) is 1. The Balaban J connectivity index is 1.33. The molecule has 1 aliphatic rings. The molecule has 1 unspecified atom stereocenters. The molecule has 4 rings (SSSR count). The van der Waals surface area contributed by atoms with Crippen LogP contribution in [-0.4, -0.2) is 16.7 Å². The monoisotopic (exact) mass is 405 g/mol. The molecule has 1 atom stereocenters. The van der Waals surface area contributed by atoms with Crippen LogP contribution in [-0.2, 0) is 6.42 Å². The molecule has 0 spiro atoms. The zero-order valence-electron chi connectivity index (χ0n) is 17.9. The molecule has 0 amide bonds. The van der Waals surface area contributed by atoms with Crippen molar-refractivity contribution < 1.29 is 14.3 Å². The Morgan fingerprint density at radius 3 is 2.43 bits per heavy atom. The first-order chi connectivity index (χ1) is 14.5. The van der Waals surface area contributed by atoms with Crippen molar-refractivity contribution in [2.75, 3.05) is 6.61 Å². The van der Waals surface area contributed by atoms with E-state index in [1.165, 1.54) is 19.3 Å². The summed E-state index contributed by atoms with van der Waals surface area (Å²) in [5.74, 6) is 2.29. The number of benzene rings is 2.